The molecule has 18 heavy (non-hydrogen) atoms. The second kappa shape index (κ2) is 4.49. The summed E-state index contributed by atoms with van der Waals surface area (Å²) in [5.74, 6) is 3.61. The van der Waals surface area contributed by atoms with Crippen molar-refractivity contribution in [1.82, 2.24) is 10.2 Å². The summed E-state index contributed by atoms with van der Waals surface area (Å²) in [5.41, 5.74) is 0.407. The normalized spacial score (nSPS) is 48.3. The van der Waals surface area contributed by atoms with Crippen molar-refractivity contribution in [2.45, 2.75) is 58.5 Å². The van der Waals surface area contributed by atoms with Crippen LogP contribution in [0, 0.1) is 23.7 Å². The van der Waals surface area contributed by atoms with Crippen LogP contribution in [0.4, 0.5) is 0 Å². The Morgan fingerprint density at radius 1 is 1.11 bits per heavy atom. The number of nitrogens with one attached hydrogen (secondary N) is 1. The molecule has 0 radical (unpaired) electrons. The van der Waals surface area contributed by atoms with Crippen LogP contribution in [-0.2, 0) is 0 Å². The Bertz CT molecular complexity index is 312. The van der Waals surface area contributed by atoms with Crippen LogP contribution in [0.5, 0.6) is 0 Å². The van der Waals surface area contributed by atoms with Gasteiger partial charge in [-0.05, 0) is 56.9 Å². The van der Waals surface area contributed by atoms with Crippen molar-refractivity contribution >= 4 is 0 Å². The van der Waals surface area contributed by atoms with E-state index >= 15 is 0 Å². The predicted octanol–water partition coefficient (Wildman–Crippen LogP) is 2.74. The average molecular weight is 250 g/mol. The van der Waals surface area contributed by atoms with E-state index in [1.54, 1.807) is 0 Å². The first-order valence-corrected chi connectivity index (χ1v) is 7.97. The average Bonchev–Trinajstić information content (AvgIpc) is 2.85. The topological polar surface area (TPSA) is 15.3 Å². The minimum absolute atomic E-state index is 0.407. The standard InChI is InChI=1S/C16H30N2/c1-11-5-6-12(2)15(7-11)18-10-13-8-17-9-14(13)16(18,3)4/h11-15,17H,5-10H2,1-4H3. The Morgan fingerprint density at radius 3 is 2.61 bits per heavy atom. The molecule has 104 valence electrons. The third kappa shape index (κ3) is 1.92. The molecule has 1 aliphatic carbocycles. The highest BCUT2D eigenvalue weighted by molar-refractivity contribution is 5.07. The third-order valence-electron chi connectivity index (χ3n) is 6.23. The molecule has 5 unspecified atom stereocenters. The van der Waals surface area contributed by atoms with Crippen LogP contribution in [0.3, 0.4) is 0 Å². The zero-order chi connectivity index (χ0) is 12.9. The smallest absolute Gasteiger partial charge is 0.0200 e. The van der Waals surface area contributed by atoms with Crippen molar-refractivity contribution in [3.8, 4) is 0 Å². The second-order valence-corrected chi connectivity index (χ2v) is 7.79. The first-order chi connectivity index (χ1) is 8.50. The predicted molar refractivity (Wildman–Crippen MR) is 76.6 cm³/mol. The highest BCUT2D eigenvalue weighted by atomic mass is 15.3. The number of nitrogens with zero attached hydrogens (tertiary/aromatic N) is 1. The molecule has 2 nitrogen and oxygen atoms in total. The van der Waals surface area contributed by atoms with E-state index in [2.05, 4.69) is 37.9 Å². The van der Waals surface area contributed by atoms with E-state index < -0.39 is 0 Å². The van der Waals surface area contributed by atoms with Gasteiger partial charge in [0, 0.05) is 24.7 Å². The summed E-state index contributed by atoms with van der Waals surface area (Å²) < 4.78 is 0. The maximum Gasteiger partial charge on any atom is 0.0200 e. The van der Waals surface area contributed by atoms with Gasteiger partial charge in [-0.25, -0.2) is 0 Å². The van der Waals surface area contributed by atoms with Gasteiger partial charge in [-0.3, -0.25) is 4.90 Å². The molecule has 0 amide bonds. The van der Waals surface area contributed by atoms with Crippen molar-refractivity contribution in [3.05, 3.63) is 0 Å². The first kappa shape index (κ1) is 12.9. The van der Waals surface area contributed by atoms with E-state index in [0.29, 0.717) is 5.54 Å². The fourth-order valence-corrected chi connectivity index (χ4v) is 4.95. The molecule has 0 spiro atoms. The lowest BCUT2D eigenvalue weighted by molar-refractivity contribution is 0.0276. The molecule has 2 aliphatic heterocycles. The molecule has 1 saturated carbocycles. The summed E-state index contributed by atoms with van der Waals surface area (Å²) in [5, 5.41) is 3.60. The molecular formula is C16H30N2. The van der Waals surface area contributed by atoms with Gasteiger partial charge in [0.2, 0.25) is 0 Å². The van der Waals surface area contributed by atoms with E-state index in [1.165, 1.54) is 38.9 Å². The molecule has 0 aromatic carbocycles. The minimum Gasteiger partial charge on any atom is -0.316 e. The van der Waals surface area contributed by atoms with Crippen molar-refractivity contribution < 1.29 is 0 Å². The Balaban J connectivity index is 1.79. The Morgan fingerprint density at radius 2 is 1.89 bits per heavy atom. The number of fused-ring (bicyclic) bond motifs is 1. The molecule has 3 fully saturated rings. The van der Waals surface area contributed by atoms with Gasteiger partial charge in [-0.15, -0.1) is 0 Å². The van der Waals surface area contributed by atoms with Gasteiger partial charge in [0.25, 0.3) is 0 Å². The summed E-state index contributed by atoms with van der Waals surface area (Å²) in [6.07, 6.45) is 4.31. The highest BCUT2D eigenvalue weighted by Gasteiger charge is 2.52. The van der Waals surface area contributed by atoms with E-state index in [0.717, 1.165) is 29.7 Å². The number of hydrogen-bond acceptors (Lipinski definition) is 2. The molecule has 0 bridgehead atoms. The van der Waals surface area contributed by atoms with Gasteiger partial charge in [-0.2, -0.15) is 0 Å². The highest BCUT2D eigenvalue weighted by Crippen LogP contribution is 2.45. The maximum atomic E-state index is 3.60. The van der Waals surface area contributed by atoms with Gasteiger partial charge in [0.05, 0.1) is 0 Å². The molecule has 5 atom stereocenters. The number of likely N-dealkylation sites (tertiary alicyclic amines) is 1. The molecule has 1 N–H and O–H groups in total. The largest absolute Gasteiger partial charge is 0.316 e. The minimum atomic E-state index is 0.407. The zero-order valence-corrected chi connectivity index (χ0v) is 12.6. The summed E-state index contributed by atoms with van der Waals surface area (Å²) >= 11 is 0. The van der Waals surface area contributed by atoms with Gasteiger partial charge in [0.15, 0.2) is 0 Å². The second-order valence-electron chi connectivity index (χ2n) is 7.79. The van der Waals surface area contributed by atoms with Crippen molar-refractivity contribution in [2.75, 3.05) is 19.6 Å². The van der Waals surface area contributed by atoms with E-state index in [9.17, 15) is 0 Å². The van der Waals surface area contributed by atoms with Gasteiger partial charge in [-0.1, -0.05) is 20.3 Å². The van der Waals surface area contributed by atoms with Crippen LogP contribution < -0.4 is 5.32 Å². The molecule has 0 aromatic rings. The lowest BCUT2D eigenvalue weighted by atomic mass is 9.77. The fourth-order valence-electron chi connectivity index (χ4n) is 4.95. The Hall–Kier alpha value is -0.0800. The lowest BCUT2D eigenvalue weighted by Crippen LogP contribution is -2.53. The van der Waals surface area contributed by atoms with Crippen LogP contribution in [0.2, 0.25) is 0 Å². The van der Waals surface area contributed by atoms with E-state index in [-0.39, 0.29) is 0 Å². The molecule has 2 saturated heterocycles. The molecule has 3 rings (SSSR count). The van der Waals surface area contributed by atoms with Crippen molar-refractivity contribution in [3.63, 3.8) is 0 Å². The van der Waals surface area contributed by atoms with Gasteiger partial charge < -0.3 is 5.32 Å². The first-order valence-electron chi connectivity index (χ1n) is 7.97. The Kier molecular flexibility index (Phi) is 3.22. The number of hydrogen-bond donors (Lipinski definition) is 1. The summed E-state index contributed by atoms with van der Waals surface area (Å²) in [6.45, 7) is 13.8. The maximum absolute atomic E-state index is 3.60. The summed E-state index contributed by atoms with van der Waals surface area (Å²) in [6, 6.07) is 0.842. The van der Waals surface area contributed by atoms with Gasteiger partial charge in [0.1, 0.15) is 0 Å². The molecule has 3 aliphatic rings. The molecule has 2 heteroatoms. The van der Waals surface area contributed by atoms with E-state index in [4.69, 9.17) is 0 Å². The van der Waals surface area contributed by atoms with Crippen LogP contribution in [0.25, 0.3) is 0 Å². The van der Waals surface area contributed by atoms with Crippen molar-refractivity contribution in [1.29, 1.82) is 0 Å². The third-order valence-corrected chi connectivity index (χ3v) is 6.23. The fraction of sp³-hybridized carbons (Fsp3) is 1.00. The lowest BCUT2D eigenvalue weighted by Gasteiger charge is -2.46. The monoisotopic (exact) mass is 250 g/mol. The van der Waals surface area contributed by atoms with Crippen LogP contribution in [0.15, 0.2) is 0 Å². The zero-order valence-electron chi connectivity index (χ0n) is 12.6. The molecule has 2 heterocycles. The SMILES string of the molecule is CC1CCC(C)C(N2CC3CNCC3C2(C)C)C1. The quantitative estimate of drug-likeness (QED) is 0.770. The molecule has 0 aromatic heterocycles. The Labute approximate surface area is 113 Å². The van der Waals surface area contributed by atoms with E-state index in [1.807, 2.05) is 0 Å². The summed E-state index contributed by atoms with van der Waals surface area (Å²) in [4.78, 5) is 2.89. The number of rotatable bonds is 1. The van der Waals surface area contributed by atoms with Gasteiger partial charge >= 0.3 is 0 Å². The van der Waals surface area contributed by atoms with Crippen LogP contribution in [0.1, 0.15) is 47.0 Å². The molecular weight excluding hydrogens is 220 g/mol. The summed E-state index contributed by atoms with van der Waals surface area (Å²) in [7, 11) is 0. The van der Waals surface area contributed by atoms with Crippen molar-refractivity contribution in [2.24, 2.45) is 23.7 Å². The van der Waals surface area contributed by atoms with Crippen LogP contribution in [-0.4, -0.2) is 36.1 Å². The van der Waals surface area contributed by atoms with Crippen LogP contribution >= 0.6 is 0 Å².